The summed E-state index contributed by atoms with van der Waals surface area (Å²) in [7, 11) is 0. The van der Waals surface area contributed by atoms with E-state index in [9.17, 15) is 9.59 Å². The van der Waals surface area contributed by atoms with E-state index in [-0.39, 0.29) is 31.1 Å². The summed E-state index contributed by atoms with van der Waals surface area (Å²) in [5, 5.41) is 16.0. The van der Waals surface area contributed by atoms with Gasteiger partial charge in [0.1, 0.15) is 0 Å². The summed E-state index contributed by atoms with van der Waals surface area (Å²) < 4.78 is 0. The molecule has 0 fully saturated rings. The zero-order valence-corrected chi connectivity index (χ0v) is 16.6. The minimum Gasteiger partial charge on any atom is -0.311 e. The van der Waals surface area contributed by atoms with Crippen molar-refractivity contribution in [2.45, 2.75) is 19.3 Å². The highest BCUT2D eigenvalue weighted by atomic mass is 32.1. The van der Waals surface area contributed by atoms with Crippen LogP contribution in [0.25, 0.3) is 10.6 Å². The van der Waals surface area contributed by atoms with E-state index in [1.54, 1.807) is 16.2 Å². The van der Waals surface area contributed by atoms with Gasteiger partial charge in [0.15, 0.2) is 5.13 Å². The van der Waals surface area contributed by atoms with E-state index < -0.39 is 0 Å². The topological polar surface area (TPSA) is 86.1 Å². The highest BCUT2D eigenvalue weighted by molar-refractivity contribution is 7.16. The molecule has 2 amide bonds. The Kier molecular flexibility index (Phi) is 6.89. The van der Waals surface area contributed by atoms with Crippen LogP contribution in [-0.4, -0.2) is 23.3 Å². The molecular weight excluding hydrogens is 392 g/mol. The Morgan fingerprint density at radius 1 is 1.11 bits per heavy atom. The molecule has 0 radical (unpaired) electrons. The zero-order valence-electron chi connectivity index (χ0n) is 15.0. The Labute approximate surface area is 171 Å². The van der Waals surface area contributed by atoms with Crippen molar-refractivity contribution in [1.29, 1.82) is 5.26 Å². The van der Waals surface area contributed by atoms with Crippen molar-refractivity contribution in [1.82, 2.24) is 4.98 Å². The molecule has 0 atom stereocenters. The zero-order chi connectivity index (χ0) is 19.8. The molecule has 0 saturated carbocycles. The number of benzene rings is 1. The molecular formula is C20H18N4O2S2. The summed E-state index contributed by atoms with van der Waals surface area (Å²) in [4.78, 5) is 31.8. The standard InChI is InChI=1S/C20H18N4O2S2/c21-11-5-12-24(15-6-2-1-3-7-15)19(26)10-9-18(25)23-20-22-16(14-28-20)17-8-4-13-27-17/h1-4,6-8,13-14H,5,9-10,12H2,(H,22,23,25). The van der Waals surface area contributed by atoms with Gasteiger partial charge in [0.2, 0.25) is 11.8 Å². The van der Waals surface area contributed by atoms with Gasteiger partial charge in [0.05, 0.1) is 23.1 Å². The lowest BCUT2D eigenvalue weighted by atomic mass is 10.2. The average molecular weight is 411 g/mol. The first-order valence-electron chi connectivity index (χ1n) is 8.69. The number of nitrogens with one attached hydrogen (secondary N) is 1. The SMILES string of the molecule is N#CCCN(C(=O)CCC(=O)Nc1nc(-c2cccs2)cs1)c1ccccc1. The maximum Gasteiger partial charge on any atom is 0.227 e. The first kappa shape index (κ1) is 19.7. The van der Waals surface area contributed by atoms with Crippen molar-refractivity contribution in [2.75, 3.05) is 16.8 Å². The number of carbonyl (C=O) groups excluding carboxylic acids is 2. The summed E-state index contributed by atoms with van der Waals surface area (Å²) in [5.74, 6) is -0.441. The second-order valence-electron chi connectivity index (χ2n) is 5.85. The van der Waals surface area contributed by atoms with Gasteiger partial charge in [0.25, 0.3) is 0 Å². The maximum atomic E-state index is 12.6. The van der Waals surface area contributed by atoms with Gasteiger partial charge in [-0.3, -0.25) is 9.59 Å². The molecule has 1 aromatic carbocycles. The number of para-hydroxylation sites is 1. The molecule has 0 bridgehead atoms. The Morgan fingerprint density at radius 3 is 2.64 bits per heavy atom. The summed E-state index contributed by atoms with van der Waals surface area (Å²) in [6, 6.07) is 15.2. The highest BCUT2D eigenvalue weighted by Gasteiger charge is 2.17. The molecule has 0 aliphatic carbocycles. The number of thiazole rings is 1. The minimum atomic E-state index is -0.256. The summed E-state index contributed by atoms with van der Waals surface area (Å²) in [5.41, 5.74) is 1.56. The minimum absolute atomic E-state index is 0.0582. The maximum absolute atomic E-state index is 12.6. The summed E-state index contributed by atoms with van der Waals surface area (Å²) in [6.45, 7) is 0.303. The predicted octanol–water partition coefficient (Wildman–Crippen LogP) is 4.54. The molecule has 0 spiro atoms. The molecule has 0 aliphatic heterocycles. The first-order chi connectivity index (χ1) is 13.7. The molecule has 1 N–H and O–H groups in total. The van der Waals surface area contributed by atoms with E-state index in [2.05, 4.69) is 16.4 Å². The van der Waals surface area contributed by atoms with Crippen LogP contribution in [0, 0.1) is 11.3 Å². The van der Waals surface area contributed by atoms with Crippen molar-refractivity contribution in [2.24, 2.45) is 0 Å². The fraction of sp³-hybridized carbons (Fsp3) is 0.200. The smallest absolute Gasteiger partial charge is 0.227 e. The number of hydrogen-bond acceptors (Lipinski definition) is 6. The van der Waals surface area contributed by atoms with Crippen LogP contribution >= 0.6 is 22.7 Å². The van der Waals surface area contributed by atoms with Crippen molar-refractivity contribution in [3.63, 3.8) is 0 Å². The number of nitriles is 1. The molecule has 0 unspecified atom stereocenters. The molecule has 3 rings (SSSR count). The molecule has 6 nitrogen and oxygen atoms in total. The second-order valence-corrected chi connectivity index (χ2v) is 7.66. The second kappa shape index (κ2) is 9.78. The Balaban J connectivity index is 1.55. The molecule has 142 valence electrons. The van der Waals surface area contributed by atoms with Gasteiger partial charge < -0.3 is 10.2 Å². The predicted molar refractivity (Wildman–Crippen MR) is 112 cm³/mol. The van der Waals surface area contributed by atoms with E-state index in [1.165, 1.54) is 11.3 Å². The van der Waals surface area contributed by atoms with E-state index in [4.69, 9.17) is 5.26 Å². The number of amides is 2. The number of hydrogen-bond donors (Lipinski definition) is 1. The quantitative estimate of drug-likeness (QED) is 0.591. The van der Waals surface area contributed by atoms with Gasteiger partial charge in [-0.25, -0.2) is 4.98 Å². The van der Waals surface area contributed by atoms with E-state index in [0.29, 0.717) is 11.7 Å². The van der Waals surface area contributed by atoms with E-state index in [1.807, 2.05) is 53.2 Å². The largest absolute Gasteiger partial charge is 0.311 e. The van der Waals surface area contributed by atoms with Gasteiger partial charge in [0, 0.05) is 30.5 Å². The highest BCUT2D eigenvalue weighted by Crippen LogP contribution is 2.28. The summed E-state index contributed by atoms with van der Waals surface area (Å²) >= 11 is 2.95. The van der Waals surface area contributed by atoms with Crippen LogP contribution in [0.5, 0.6) is 0 Å². The van der Waals surface area contributed by atoms with Crippen LogP contribution in [0.3, 0.4) is 0 Å². The number of anilines is 2. The van der Waals surface area contributed by atoms with Crippen molar-refractivity contribution >= 4 is 45.3 Å². The average Bonchev–Trinajstić information content (AvgIpc) is 3.39. The molecule has 28 heavy (non-hydrogen) atoms. The lowest BCUT2D eigenvalue weighted by molar-refractivity contribution is -0.122. The third-order valence-corrected chi connectivity index (χ3v) is 5.56. The van der Waals surface area contributed by atoms with Crippen LogP contribution < -0.4 is 10.2 Å². The lowest BCUT2D eigenvalue weighted by Gasteiger charge is -2.21. The number of carbonyl (C=O) groups is 2. The van der Waals surface area contributed by atoms with Crippen LogP contribution in [0.15, 0.2) is 53.2 Å². The molecule has 3 aromatic rings. The van der Waals surface area contributed by atoms with Crippen LogP contribution in [0.2, 0.25) is 0 Å². The Hall–Kier alpha value is -3.02. The molecule has 2 aromatic heterocycles. The molecule has 0 saturated heterocycles. The molecule has 2 heterocycles. The monoisotopic (exact) mass is 410 g/mol. The van der Waals surface area contributed by atoms with Crippen LogP contribution in [0.1, 0.15) is 19.3 Å². The van der Waals surface area contributed by atoms with Crippen molar-refractivity contribution in [3.05, 3.63) is 53.2 Å². The third-order valence-electron chi connectivity index (χ3n) is 3.91. The Bertz CT molecular complexity index is 962. The summed E-state index contributed by atoms with van der Waals surface area (Å²) in [6.07, 6.45) is 0.357. The molecule has 0 aliphatic rings. The van der Waals surface area contributed by atoms with Gasteiger partial charge in [-0.1, -0.05) is 24.3 Å². The van der Waals surface area contributed by atoms with Gasteiger partial charge in [-0.15, -0.1) is 22.7 Å². The van der Waals surface area contributed by atoms with Gasteiger partial charge in [-0.2, -0.15) is 5.26 Å². The normalized spacial score (nSPS) is 10.2. The van der Waals surface area contributed by atoms with Crippen LogP contribution in [-0.2, 0) is 9.59 Å². The fourth-order valence-electron chi connectivity index (χ4n) is 2.57. The van der Waals surface area contributed by atoms with Gasteiger partial charge in [-0.05, 0) is 23.6 Å². The number of aromatic nitrogens is 1. The van der Waals surface area contributed by atoms with E-state index in [0.717, 1.165) is 16.3 Å². The van der Waals surface area contributed by atoms with E-state index >= 15 is 0 Å². The van der Waals surface area contributed by atoms with Crippen molar-refractivity contribution in [3.8, 4) is 16.6 Å². The first-order valence-corrected chi connectivity index (χ1v) is 10.4. The lowest BCUT2D eigenvalue weighted by Crippen LogP contribution is -2.32. The van der Waals surface area contributed by atoms with Crippen molar-refractivity contribution < 1.29 is 9.59 Å². The van der Waals surface area contributed by atoms with Crippen LogP contribution in [0.4, 0.5) is 10.8 Å². The number of nitrogens with zero attached hydrogens (tertiary/aromatic N) is 3. The number of rotatable bonds is 8. The Morgan fingerprint density at radius 2 is 1.93 bits per heavy atom. The fourth-order valence-corrected chi connectivity index (χ4v) is 4.06. The molecule has 8 heteroatoms. The third kappa shape index (κ3) is 5.25. The van der Waals surface area contributed by atoms with Gasteiger partial charge >= 0.3 is 0 Å². The number of thiophene rings is 1.